The molecule has 0 saturated carbocycles. The van der Waals surface area contributed by atoms with Gasteiger partial charge in [-0.15, -0.1) is 0 Å². The SMILES string of the molecule is CCn1c(N2CCC(NC(=O)c3ccccc3)CC2)coc1=O. The number of piperidine rings is 1. The summed E-state index contributed by atoms with van der Waals surface area (Å²) in [5.41, 5.74) is 0.685. The number of anilines is 1. The summed E-state index contributed by atoms with van der Waals surface area (Å²) in [6.07, 6.45) is 3.22. The van der Waals surface area contributed by atoms with Crippen LogP contribution in [0.3, 0.4) is 0 Å². The molecule has 1 aromatic heterocycles. The van der Waals surface area contributed by atoms with Crippen LogP contribution in [-0.2, 0) is 6.54 Å². The van der Waals surface area contributed by atoms with Gasteiger partial charge < -0.3 is 14.6 Å². The van der Waals surface area contributed by atoms with Gasteiger partial charge in [0.25, 0.3) is 5.91 Å². The normalized spacial score (nSPS) is 15.6. The van der Waals surface area contributed by atoms with Crippen LogP contribution in [0.2, 0.25) is 0 Å². The standard InChI is InChI=1S/C17H21N3O3/c1-2-20-15(12-23-17(20)22)19-10-8-14(9-11-19)18-16(21)13-6-4-3-5-7-13/h3-7,12,14H,2,8-11H2,1H3,(H,18,21). The third-order valence-electron chi connectivity index (χ3n) is 4.27. The Morgan fingerprint density at radius 1 is 1.26 bits per heavy atom. The van der Waals surface area contributed by atoms with E-state index in [0.717, 1.165) is 31.7 Å². The van der Waals surface area contributed by atoms with Crippen molar-refractivity contribution >= 4 is 11.7 Å². The molecule has 6 heteroatoms. The summed E-state index contributed by atoms with van der Waals surface area (Å²) in [5, 5.41) is 3.08. The third kappa shape index (κ3) is 3.31. The number of carbonyl (C=O) groups is 1. The van der Waals surface area contributed by atoms with E-state index >= 15 is 0 Å². The molecule has 0 spiro atoms. The minimum Gasteiger partial charge on any atom is -0.414 e. The molecule has 1 aromatic carbocycles. The van der Waals surface area contributed by atoms with E-state index in [0.29, 0.717) is 12.1 Å². The highest BCUT2D eigenvalue weighted by Crippen LogP contribution is 2.19. The summed E-state index contributed by atoms with van der Waals surface area (Å²) >= 11 is 0. The van der Waals surface area contributed by atoms with Crippen LogP contribution >= 0.6 is 0 Å². The van der Waals surface area contributed by atoms with Crippen LogP contribution in [0.4, 0.5) is 5.82 Å². The average molecular weight is 315 g/mol. The van der Waals surface area contributed by atoms with Gasteiger partial charge in [0.1, 0.15) is 12.1 Å². The second-order valence-corrected chi connectivity index (χ2v) is 5.70. The first kappa shape index (κ1) is 15.4. The molecule has 122 valence electrons. The smallest absolute Gasteiger partial charge is 0.414 e. The molecule has 0 atom stereocenters. The van der Waals surface area contributed by atoms with Gasteiger partial charge in [0.05, 0.1) is 0 Å². The van der Waals surface area contributed by atoms with Gasteiger partial charge in [-0.1, -0.05) is 18.2 Å². The van der Waals surface area contributed by atoms with Gasteiger partial charge in [0, 0.05) is 31.2 Å². The molecule has 0 bridgehead atoms. The van der Waals surface area contributed by atoms with Gasteiger partial charge in [-0.2, -0.15) is 0 Å². The summed E-state index contributed by atoms with van der Waals surface area (Å²) in [7, 11) is 0. The lowest BCUT2D eigenvalue weighted by molar-refractivity contribution is 0.0931. The Kier molecular flexibility index (Phi) is 4.50. The Morgan fingerprint density at radius 2 is 1.96 bits per heavy atom. The first-order chi connectivity index (χ1) is 11.2. The fourth-order valence-corrected chi connectivity index (χ4v) is 2.97. The molecule has 2 aromatic rings. The number of hydrogen-bond donors (Lipinski definition) is 1. The van der Waals surface area contributed by atoms with E-state index in [-0.39, 0.29) is 17.7 Å². The first-order valence-electron chi connectivity index (χ1n) is 7.98. The zero-order chi connectivity index (χ0) is 16.2. The highest BCUT2D eigenvalue weighted by atomic mass is 16.4. The molecule has 1 N–H and O–H groups in total. The molecule has 1 aliphatic heterocycles. The van der Waals surface area contributed by atoms with Crippen molar-refractivity contribution in [3.8, 4) is 0 Å². The number of oxazole rings is 1. The third-order valence-corrected chi connectivity index (χ3v) is 4.27. The Labute approximate surface area is 134 Å². The van der Waals surface area contributed by atoms with Crippen LogP contribution < -0.4 is 16.0 Å². The van der Waals surface area contributed by atoms with Crippen LogP contribution in [-0.4, -0.2) is 29.6 Å². The topological polar surface area (TPSA) is 67.5 Å². The lowest BCUT2D eigenvalue weighted by Gasteiger charge is -2.33. The van der Waals surface area contributed by atoms with Gasteiger partial charge >= 0.3 is 5.76 Å². The van der Waals surface area contributed by atoms with E-state index in [4.69, 9.17) is 4.42 Å². The number of benzene rings is 1. The number of amides is 1. The van der Waals surface area contributed by atoms with Gasteiger partial charge in [0.2, 0.25) is 0 Å². The molecule has 0 radical (unpaired) electrons. The predicted molar refractivity (Wildman–Crippen MR) is 87.8 cm³/mol. The number of hydrogen-bond acceptors (Lipinski definition) is 4. The van der Waals surface area contributed by atoms with Crippen molar-refractivity contribution in [2.24, 2.45) is 0 Å². The molecule has 0 unspecified atom stereocenters. The fraction of sp³-hybridized carbons (Fsp3) is 0.412. The van der Waals surface area contributed by atoms with E-state index < -0.39 is 0 Å². The monoisotopic (exact) mass is 315 g/mol. The number of carbonyl (C=O) groups excluding carboxylic acids is 1. The minimum atomic E-state index is -0.318. The average Bonchev–Trinajstić information content (AvgIpc) is 2.97. The zero-order valence-corrected chi connectivity index (χ0v) is 13.2. The van der Waals surface area contributed by atoms with Crippen molar-refractivity contribution in [2.75, 3.05) is 18.0 Å². The number of nitrogens with one attached hydrogen (secondary N) is 1. The van der Waals surface area contributed by atoms with Gasteiger partial charge in [0.15, 0.2) is 0 Å². The van der Waals surface area contributed by atoms with Gasteiger partial charge in [-0.05, 0) is 31.9 Å². The second-order valence-electron chi connectivity index (χ2n) is 5.70. The van der Waals surface area contributed by atoms with E-state index in [1.807, 2.05) is 37.3 Å². The van der Waals surface area contributed by atoms with Crippen molar-refractivity contribution in [3.05, 3.63) is 52.7 Å². The molecule has 3 rings (SSSR count). The van der Waals surface area contributed by atoms with Crippen molar-refractivity contribution < 1.29 is 9.21 Å². The molecule has 23 heavy (non-hydrogen) atoms. The molecular formula is C17H21N3O3. The van der Waals surface area contributed by atoms with Crippen molar-refractivity contribution in [1.29, 1.82) is 0 Å². The van der Waals surface area contributed by atoms with Crippen LogP contribution in [0, 0.1) is 0 Å². The molecule has 0 aliphatic carbocycles. The maximum absolute atomic E-state index is 12.2. The van der Waals surface area contributed by atoms with Crippen molar-refractivity contribution in [2.45, 2.75) is 32.4 Å². The predicted octanol–water partition coefficient (Wildman–Crippen LogP) is 1.86. The summed E-state index contributed by atoms with van der Waals surface area (Å²) in [5.74, 6) is 0.477. The lowest BCUT2D eigenvalue weighted by Crippen LogP contribution is -2.45. The van der Waals surface area contributed by atoms with Crippen LogP contribution in [0.1, 0.15) is 30.1 Å². The van der Waals surface area contributed by atoms with Crippen molar-refractivity contribution in [1.82, 2.24) is 9.88 Å². The van der Waals surface area contributed by atoms with E-state index in [1.54, 1.807) is 4.57 Å². The first-order valence-corrected chi connectivity index (χ1v) is 7.98. The number of aromatic nitrogens is 1. The molecule has 1 fully saturated rings. The lowest BCUT2D eigenvalue weighted by atomic mass is 10.0. The van der Waals surface area contributed by atoms with Crippen LogP contribution in [0.25, 0.3) is 0 Å². The molecular weight excluding hydrogens is 294 g/mol. The number of nitrogens with zero attached hydrogens (tertiary/aromatic N) is 2. The van der Waals surface area contributed by atoms with Crippen LogP contribution in [0.15, 0.2) is 45.8 Å². The van der Waals surface area contributed by atoms with E-state index in [1.165, 1.54) is 6.26 Å². The quantitative estimate of drug-likeness (QED) is 0.935. The maximum atomic E-state index is 12.2. The summed E-state index contributed by atoms with van der Waals surface area (Å²) in [6.45, 7) is 4.10. The molecule has 1 aliphatic rings. The van der Waals surface area contributed by atoms with Gasteiger partial charge in [-0.3, -0.25) is 9.36 Å². The molecule has 2 heterocycles. The van der Waals surface area contributed by atoms with Crippen LogP contribution in [0.5, 0.6) is 0 Å². The number of rotatable bonds is 4. The van der Waals surface area contributed by atoms with E-state index in [9.17, 15) is 9.59 Å². The zero-order valence-electron chi connectivity index (χ0n) is 13.2. The summed E-state index contributed by atoms with van der Waals surface area (Å²) < 4.78 is 6.61. The largest absolute Gasteiger partial charge is 0.420 e. The Hall–Kier alpha value is -2.50. The maximum Gasteiger partial charge on any atom is 0.420 e. The minimum absolute atomic E-state index is 0.0298. The van der Waals surface area contributed by atoms with Crippen molar-refractivity contribution in [3.63, 3.8) is 0 Å². The van der Waals surface area contributed by atoms with Gasteiger partial charge in [-0.25, -0.2) is 4.79 Å². The highest BCUT2D eigenvalue weighted by Gasteiger charge is 2.23. The van der Waals surface area contributed by atoms with E-state index in [2.05, 4.69) is 10.2 Å². The highest BCUT2D eigenvalue weighted by molar-refractivity contribution is 5.94. The Morgan fingerprint density at radius 3 is 2.61 bits per heavy atom. The Balaban J connectivity index is 1.58. The molecule has 1 amide bonds. The summed E-state index contributed by atoms with van der Waals surface area (Å²) in [4.78, 5) is 25.9. The molecule has 6 nitrogen and oxygen atoms in total. The fourth-order valence-electron chi connectivity index (χ4n) is 2.97. The summed E-state index contributed by atoms with van der Waals surface area (Å²) in [6, 6.07) is 9.41. The molecule has 1 saturated heterocycles. The second kappa shape index (κ2) is 6.73. The Bertz CT molecular complexity index is 712.